The van der Waals surface area contributed by atoms with Crippen LogP contribution in [0.15, 0.2) is 16.6 Å². The van der Waals surface area contributed by atoms with Crippen LogP contribution in [0.2, 0.25) is 5.02 Å². The van der Waals surface area contributed by atoms with Gasteiger partial charge in [-0.05, 0) is 35.0 Å². The fraction of sp³-hybridized carbons (Fsp3) is 0.300. The van der Waals surface area contributed by atoms with Gasteiger partial charge < -0.3 is 10.5 Å². The van der Waals surface area contributed by atoms with Crippen molar-refractivity contribution in [2.75, 3.05) is 12.3 Å². The van der Waals surface area contributed by atoms with E-state index in [1.165, 1.54) is 0 Å². The molecule has 0 aliphatic heterocycles. The molecule has 0 saturated heterocycles. The first-order valence-electron chi connectivity index (χ1n) is 4.44. The largest absolute Gasteiger partial charge is 0.466 e. The average molecular weight is 293 g/mol. The van der Waals surface area contributed by atoms with E-state index >= 15 is 0 Å². The van der Waals surface area contributed by atoms with Gasteiger partial charge >= 0.3 is 5.97 Å². The Labute approximate surface area is 102 Å². The van der Waals surface area contributed by atoms with E-state index in [0.29, 0.717) is 22.9 Å². The molecule has 0 aliphatic rings. The number of hydrogen-bond donors (Lipinski definition) is 1. The second-order valence-corrected chi connectivity index (χ2v) is 4.14. The van der Waals surface area contributed by atoms with E-state index in [9.17, 15) is 4.79 Å². The lowest BCUT2D eigenvalue weighted by Gasteiger charge is -2.08. The van der Waals surface area contributed by atoms with Gasteiger partial charge in [0.25, 0.3) is 0 Å². The highest BCUT2D eigenvalue weighted by Crippen LogP contribution is 2.30. The van der Waals surface area contributed by atoms with Gasteiger partial charge in [-0.3, -0.25) is 4.79 Å². The van der Waals surface area contributed by atoms with Gasteiger partial charge in [-0.1, -0.05) is 11.6 Å². The molecule has 2 N–H and O–H groups in total. The molecule has 82 valence electrons. The van der Waals surface area contributed by atoms with Gasteiger partial charge in [-0.2, -0.15) is 0 Å². The molecule has 0 bridgehead atoms. The van der Waals surface area contributed by atoms with Crippen LogP contribution < -0.4 is 5.73 Å². The highest BCUT2D eigenvalue weighted by molar-refractivity contribution is 9.10. The Morgan fingerprint density at radius 2 is 2.27 bits per heavy atom. The van der Waals surface area contributed by atoms with Crippen LogP contribution in [0.4, 0.5) is 5.69 Å². The lowest BCUT2D eigenvalue weighted by molar-refractivity contribution is -0.142. The monoisotopic (exact) mass is 291 g/mol. The summed E-state index contributed by atoms with van der Waals surface area (Å²) < 4.78 is 5.55. The molecule has 0 heterocycles. The number of carbonyl (C=O) groups excluding carboxylic acids is 1. The molecule has 1 aromatic rings. The summed E-state index contributed by atoms with van der Waals surface area (Å²) in [6.45, 7) is 2.11. The molecule has 0 spiro atoms. The Hall–Kier alpha value is -0.740. The zero-order valence-electron chi connectivity index (χ0n) is 8.22. The number of benzene rings is 1. The normalized spacial score (nSPS) is 10.1. The molecule has 0 atom stereocenters. The van der Waals surface area contributed by atoms with E-state index in [1.807, 2.05) is 0 Å². The second-order valence-electron chi connectivity index (χ2n) is 2.91. The first-order chi connectivity index (χ1) is 7.06. The van der Waals surface area contributed by atoms with Crippen LogP contribution in [0.25, 0.3) is 0 Å². The number of esters is 1. The molecule has 0 fully saturated rings. The summed E-state index contributed by atoms with van der Waals surface area (Å²) in [4.78, 5) is 11.3. The van der Waals surface area contributed by atoms with Crippen LogP contribution in [0.1, 0.15) is 12.5 Å². The van der Waals surface area contributed by atoms with Crippen LogP contribution in [0, 0.1) is 0 Å². The Bertz CT molecular complexity index is 382. The summed E-state index contributed by atoms with van der Waals surface area (Å²) in [7, 11) is 0. The summed E-state index contributed by atoms with van der Waals surface area (Å²) in [5, 5.41) is 0.461. The van der Waals surface area contributed by atoms with E-state index < -0.39 is 0 Å². The smallest absolute Gasteiger partial charge is 0.310 e. The third kappa shape index (κ3) is 3.11. The molecule has 0 aliphatic carbocycles. The Balaban J connectivity index is 2.93. The van der Waals surface area contributed by atoms with E-state index in [-0.39, 0.29) is 12.4 Å². The van der Waals surface area contributed by atoms with Crippen molar-refractivity contribution in [2.24, 2.45) is 0 Å². The van der Waals surface area contributed by atoms with E-state index in [1.54, 1.807) is 19.1 Å². The molecule has 3 nitrogen and oxygen atoms in total. The summed E-state index contributed by atoms with van der Waals surface area (Å²) >= 11 is 9.28. The predicted molar refractivity (Wildman–Crippen MR) is 63.9 cm³/mol. The highest BCUT2D eigenvalue weighted by atomic mass is 79.9. The van der Waals surface area contributed by atoms with E-state index in [4.69, 9.17) is 22.1 Å². The van der Waals surface area contributed by atoms with Gasteiger partial charge in [0.2, 0.25) is 0 Å². The van der Waals surface area contributed by atoms with E-state index in [0.717, 1.165) is 4.47 Å². The maximum Gasteiger partial charge on any atom is 0.310 e. The van der Waals surface area contributed by atoms with Gasteiger partial charge in [0, 0.05) is 15.7 Å². The lowest BCUT2D eigenvalue weighted by Crippen LogP contribution is -2.09. The molecule has 1 aromatic carbocycles. The number of anilines is 1. The molecular weight excluding hydrogens is 281 g/mol. The standard InChI is InChI=1S/C10H11BrClNO2/c1-2-15-9(14)5-6-8(13)4-3-7(11)10(6)12/h3-4H,2,5,13H2,1H3. The van der Waals surface area contributed by atoms with Crippen molar-refractivity contribution in [1.82, 2.24) is 0 Å². The molecule has 0 saturated carbocycles. The quantitative estimate of drug-likeness (QED) is 0.688. The first kappa shape index (κ1) is 12.3. The van der Waals surface area contributed by atoms with Crippen molar-refractivity contribution >= 4 is 39.2 Å². The molecule has 0 amide bonds. The van der Waals surface area contributed by atoms with Crippen LogP contribution >= 0.6 is 27.5 Å². The van der Waals surface area contributed by atoms with Gasteiger partial charge in [0.15, 0.2) is 0 Å². The van der Waals surface area contributed by atoms with Crippen LogP contribution in [-0.4, -0.2) is 12.6 Å². The number of nitrogen functional groups attached to an aromatic ring is 1. The number of carbonyl (C=O) groups is 1. The molecule has 1 rings (SSSR count). The lowest BCUT2D eigenvalue weighted by atomic mass is 10.1. The summed E-state index contributed by atoms with van der Waals surface area (Å²) in [5.41, 5.74) is 6.82. The summed E-state index contributed by atoms with van der Waals surface area (Å²) in [5.74, 6) is -0.329. The van der Waals surface area contributed by atoms with Crippen molar-refractivity contribution in [3.63, 3.8) is 0 Å². The van der Waals surface area contributed by atoms with Crippen LogP contribution in [0.3, 0.4) is 0 Å². The van der Waals surface area contributed by atoms with Crippen molar-refractivity contribution in [2.45, 2.75) is 13.3 Å². The van der Waals surface area contributed by atoms with Gasteiger partial charge in [0.05, 0.1) is 18.1 Å². The van der Waals surface area contributed by atoms with Gasteiger partial charge in [0.1, 0.15) is 0 Å². The number of halogens is 2. The molecular formula is C10H11BrClNO2. The number of hydrogen-bond acceptors (Lipinski definition) is 3. The first-order valence-corrected chi connectivity index (χ1v) is 5.61. The zero-order valence-corrected chi connectivity index (χ0v) is 10.6. The van der Waals surface area contributed by atoms with E-state index in [2.05, 4.69) is 15.9 Å². The number of ether oxygens (including phenoxy) is 1. The van der Waals surface area contributed by atoms with Crippen LogP contribution in [-0.2, 0) is 16.0 Å². The number of rotatable bonds is 3. The summed E-state index contributed by atoms with van der Waals surface area (Å²) in [6, 6.07) is 3.44. The molecule has 5 heteroatoms. The summed E-state index contributed by atoms with van der Waals surface area (Å²) in [6.07, 6.45) is 0.0952. The van der Waals surface area contributed by atoms with Gasteiger partial charge in [-0.15, -0.1) is 0 Å². The minimum atomic E-state index is -0.329. The predicted octanol–water partition coefficient (Wildman–Crippen LogP) is 2.79. The average Bonchev–Trinajstić information content (AvgIpc) is 2.19. The Morgan fingerprint density at radius 1 is 1.60 bits per heavy atom. The van der Waals surface area contributed by atoms with Crippen LogP contribution in [0.5, 0.6) is 0 Å². The molecule has 15 heavy (non-hydrogen) atoms. The Morgan fingerprint density at radius 3 is 2.87 bits per heavy atom. The fourth-order valence-electron chi connectivity index (χ4n) is 1.14. The van der Waals surface area contributed by atoms with Crippen molar-refractivity contribution in [1.29, 1.82) is 0 Å². The third-order valence-corrected chi connectivity index (χ3v) is 3.18. The SMILES string of the molecule is CCOC(=O)Cc1c(N)ccc(Br)c1Cl. The molecule has 0 unspecified atom stereocenters. The molecule has 0 aromatic heterocycles. The van der Waals surface area contributed by atoms with Crippen molar-refractivity contribution in [3.8, 4) is 0 Å². The maximum atomic E-state index is 11.3. The number of nitrogens with two attached hydrogens (primary N) is 1. The minimum Gasteiger partial charge on any atom is -0.466 e. The molecule has 0 radical (unpaired) electrons. The maximum absolute atomic E-state index is 11.3. The van der Waals surface area contributed by atoms with Crippen molar-refractivity contribution < 1.29 is 9.53 Å². The van der Waals surface area contributed by atoms with Crippen molar-refractivity contribution in [3.05, 3.63) is 27.2 Å². The Kier molecular flexibility index (Phi) is 4.42. The second kappa shape index (κ2) is 5.37. The topological polar surface area (TPSA) is 52.3 Å². The fourth-order valence-corrected chi connectivity index (χ4v) is 1.75. The highest BCUT2D eigenvalue weighted by Gasteiger charge is 2.13. The van der Waals surface area contributed by atoms with Gasteiger partial charge in [-0.25, -0.2) is 0 Å². The minimum absolute atomic E-state index is 0.0952. The zero-order chi connectivity index (χ0) is 11.4. The third-order valence-electron chi connectivity index (χ3n) is 1.86.